The maximum absolute atomic E-state index is 12.4. The number of nitrogens with zero attached hydrogens (tertiary/aromatic N) is 2. The molecule has 1 aliphatic heterocycles. The Balaban J connectivity index is 1.64. The first-order chi connectivity index (χ1) is 8.75. The molecule has 4 atom stereocenters. The molecule has 1 saturated carbocycles. The molecule has 92 valence electrons. The van der Waals surface area contributed by atoms with Gasteiger partial charge in [-0.15, -0.1) is 0 Å². The number of nitrogens with one attached hydrogen (secondary N) is 1. The monoisotopic (exact) mass is 243 g/mol. The third-order valence-corrected chi connectivity index (χ3v) is 4.44. The SMILES string of the molecule is O=C1C2C3C=CC(C3)C2C(=O)N1Cc1cnc[nH]1. The van der Waals surface area contributed by atoms with E-state index in [2.05, 4.69) is 22.1 Å². The number of carbonyl (C=O) groups excluding carboxylic acids is 2. The van der Waals surface area contributed by atoms with Crippen molar-refractivity contribution in [3.63, 3.8) is 0 Å². The van der Waals surface area contributed by atoms with E-state index in [9.17, 15) is 9.59 Å². The molecule has 5 nitrogen and oxygen atoms in total. The Morgan fingerprint density at radius 2 is 1.89 bits per heavy atom. The summed E-state index contributed by atoms with van der Waals surface area (Å²) in [5, 5.41) is 0. The second-order valence-electron chi connectivity index (χ2n) is 5.34. The van der Waals surface area contributed by atoms with Crippen molar-refractivity contribution in [3.8, 4) is 0 Å². The molecular formula is C13H13N3O2. The van der Waals surface area contributed by atoms with Gasteiger partial charge in [0.2, 0.25) is 11.8 Å². The lowest BCUT2D eigenvalue weighted by molar-refractivity contribution is -0.141. The molecule has 2 bridgehead atoms. The lowest BCUT2D eigenvalue weighted by Crippen LogP contribution is -2.32. The number of H-pyrrole nitrogens is 1. The maximum Gasteiger partial charge on any atom is 0.234 e. The largest absolute Gasteiger partial charge is 0.347 e. The first kappa shape index (κ1) is 10.1. The van der Waals surface area contributed by atoms with Crippen molar-refractivity contribution in [2.24, 2.45) is 23.7 Å². The van der Waals surface area contributed by atoms with Crippen LogP contribution >= 0.6 is 0 Å². The molecule has 18 heavy (non-hydrogen) atoms. The van der Waals surface area contributed by atoms with Crippen LogP contribution in [0.25, 0.3) is 0 Å². The Morgan fingerprint density at radius 1 is 1.22 bits per heavy atom. The lowest BCUT2D eigenvalue weighted by atomic mass is 9.85. The van der Waals surface area contributed by atoms with Crippen molar-refractivity contribution in [2.75, 3.05) is 0 Å². The Kier molecular flexibility index (Phi) is 1.85. The molecule has 5 heteroatoms. The van der Waals surface area contributed by atoms with Crippen LogP contribution < -0.4 is 0 Å². The second kappa shape index (κ2) is 3.31. The van der Waals surface area contributed by atoms with Gasteiger partial charge in [-0.3, -0.25) is 14.5 Å². The highest BCUT2D eigenvalue weighted by Gasteiger charge is 2.59. The Bertz CT molecular complexity index is 519. The summed E-state index contributed by atoms with van der Waals surface area (Å²) in [6.07, 6.45) is 8.41. The number of aromatic amines is 1. The van der Waals surface area contributed by atoms with E-state index in [1.54, 1.807) is 12.5 Å². The Morgan fingerprint density at radius 3 is 2.44 bits per heavy atom. The molecule has 2 heterocycles. The fourth-order valence-corrected chi connectivity index (χ4v) is 3.66. The van der Waals surface area contributed by atoms with Gasteiger partial charge >= 0.3 is 0 Å². The summed E-state index contributed by atoms with van der Waals surface area (Å²) < 4.78 is 0. The van der Waals surface area contributed by atoms with Crippen molar-refractivity contribution in [1.82, 2.24) is 14.9 Å². The van der Waals surface area contributed by atoms with Gasteiger partial charge in [-0.25, -0.2) is 4.98 Å². The summed E-state index contributed by atoms with van der Waals surface area (Å²) in [6.45, 7) is 0.324. The van der Waals surface area contributed by atoms with E-state index >= 15 is 0 Å². The molecule has 4 rings (SSSR count). The number of hydrogen-bond donors (Lipinski definition) is 1. The Hall–Kier alpha value is -1.91. The summed E-state index contributed by atoms with van der Waals surface area (Å²) in [4.78, 5) is 32.9. The van der Waals surface area contributed by atoms with Gasteiger partial charge in [-0.05, 0) is 18.3 Å². The fourth-order valence-electron chi connectivity index (χ4n) is 3.66. The summed E-state index contributed by atoms with van der Waals surface area (Å²) in [5.74, 6) is 0.352. The van der Waals surface area contributed by atoms with Crippen LogP contribution in [-0.2, 0) is 16.1 Å². The van der Waals surface area contributed by atoms with Crippen LogP contribution in [0.2, 0.25) is 0 Å². The average Bonchev–Trinajstić information content (AvgIpc) is 3.10. The van der Waals surface area contributed by atoms with Gasteiger partial charge in [0.05, 0.1) is 30.4 Å². The minimum atomic E-state index is -0.101. The average molecular weight is 243 g/mol. The summed E-state index contributed by atoms with van der Waals surface area (Å²) in [7, 11) is 0. The third kappa shape index (κ3) is 1.14. The summed E-state index contributed by atoms with van der Waals surface area (Å²) in [5.41, 5.74) is 0.803. The molecule has 2 fully saturated rings. The molecule has 0 spiro atoms. The summed E-state index contributed by atoms with van der Waals surface area (Å²) >= 11 is 0. The predicted octanol–water partition coefficient (Wildman–Crippen LogP) is 0.717. The van der Waals surface area contributed by atoms with E-state index in [-0.39, 0.29) is 35.5 Å². The van der Waals surface area contributed by atoms with E-state index in [1.807, 2.05) is 0 Å². The van der Waals surface area contributed by atoms with Crippen LogP contribution in [0.15, 0.2) is 24.7 Å². The van der Waals surface area contributed by atoms with Gasteiger partial charge < -0.3 is 4.98 Å². The number of fused-ring (bicyclic) bond motifs is 5. The second-order valence-corrected chi connectivity index (χ2v) is 5.34. The fraction of sp³-hybridized carbons (Fsp3) is 0.462. The van der Waals surface area contributed by atoms with Gasteiger partial charge in [-0.2, -0.15) is 0 Å². The molecule has 3 aliphatic rings. The zero-order valence-electron chi connectivity index (χ0n) is 9.74. The predicted molar refractivity (Wildman–Crippen MR) is 61.9 cm³/mol. The number of hydrogen-bond acceptors (Lipinski definition) is 3. The third-order valence-electron chi connectivity index (χ3n) is 4.44. The maximum atomic E-state index is 12.4. The molecule has 2 amide bonds. The van der Waals surface area contributed by atoms with E-state index < -0.39 is 0 Å². The minimum absolute atomic E-state index is 0.00329. The van der Waals surface area contributed by atoms with Gasteiger partial charge in [0.1, 0.15) is 0 Å². The first-order valence-corrected chi connectivity index (χ1v) is 6.26. The van der Waals surface area contributed by atoms with Crippen molar-refractivity contribution in [3.05, 3.63) is 30.4 Å². The number of imide groups is 1. The molecule has 1 aromatic rings. The van der Waals surface area contributed by atoms with Crippen molar-refractivity contribution < 1.29 is 9.59 Å². The summed E-state index contributed by atoms with van der Waals surface area (Å²) in [6, 6.07) is 0. The zero-order chi connectivity index (χ0) is 12.3. The van der Waals surface area contributed by atoms with E-state index in [0.717, 1.165) is 12.1 Å². The number of rotatable bonds is 2. The highest BCUT2D eigenvalue weighted by atomic mass is 16.2. The standard InChI is InChI=1S/C13H13N3O2/c17-12-10-7-1-2-8(3-7)11(10)13(18)16(12)5-9-4-14-6-15-9/h1-2,4,6-8,10-11H,3,5H2,(H,14,15). The number of aromatic nitrogens is 2. The molecule has 2 aliphatic carbocycles. The quantitative estimate of drug-likeness (QED) is 0.614. The van der Waals surface area contributed by atoms with Crippen LogP contribution in [0.5, 0.6) is 0 Å². The normalized spacial score (nSPS) is 36.8. The lowest BCUT2D eigenvalue weighted by Gasteiger charge is -2.15. The van der Waals surface area contributed by atoms with Crippen LogP contribution in [-0.4, -0.2) is 26.7 Å². The molecule has 1 saturated heterocycles. The number of likely N-dealkylation sites (tertiary alicyclic amines) is 1. The number of allylic oxidation sites excluding steroid dienone is 2. The minimum Gasteiger partial charge on any atom is -0.347 e. The van der Waals surface area contributed by atoms with E-state index in [1.165, 1.54) is 4.90 Å². The van der Waals surface area contributed by atoms with Crippen molar-refractivity contribution in [2.45, 2.75) is 13.0 Å². The van der Waals surface area contributed by atoms with Gasteiger partial charge in [0, 0.05) is 6.20 Å². The molecule has 0 aromatic carbocycles. The van der Waals surface area contributed by atoms with Crippen molar-refractivity contribution >= 4 is 11.8 Å². The smallest absolute Gasteiger partial charge is 0.234 e. The van der Waals surface area contributed by atoms with Crippen LogP contribution in [0.3, 0.4) is 0 Å². The topological polar surface area (TPSA) is 66.1 Å². The molecule has 4 unspecified atom stereocenters. The Labute approximate surface area is 104 Å². The molecular weight excluding hydrogens is 230 g/mol. The highest BCUT2D eigenvalue weighted by Crippen LogP contribution is 2.52. The van der Waals surface area contributed by atoms with Gasteiger partial charge in [0.15, 0.2) is 0 Å². The van der Waals surface area contributed by atoms with Crippen LogP contribution in [0.1, 0.15) is 12.1 Å². The highest BCUT2D eigenvalue weighted by molar-refractivity contribution is 6.06. The molecule has 1 N–H and O–H groups in total. The number of amides is 2. The number of carbonyl (C=O) groups is 2. The van der Waals surface area contributed by atoms with E-state index in [0.29, 0.717) is 6.54 Å². The first-order valence-electron chi connectivity index (χ1n) is 6.26. The van der Waals surface area contributed by atoms with Crippen LogP contribution in [0.4, 0.5) is 0 Å². The molecule has 0 radical (unpaired) electrons. The van der Waals surface area contributed by atoms with E-state index in [4.69, 9.17) is 0 Å². The number of imidazole rings is 1. The molecule has 1 aromatic heterocycles. The van der Waals surface area contributed by atoms with Gasteiger partial charge in [0.25, 0.3) is 0 Å². The van der Waals surface area contributed by atoms with Gasteiger partial charge in [-0.1, -0.05) is 12.2 Å². The van der Waals surface area contributed by atoms with Crippen LogP contribution in [0, 0.1) is 23.7 Å². The zero-order valence-corrected chi connectivity index (χ0v) is 9.74. The van der Waals surface area contributed by atoms with Crippen molar-refractivity contribution in [1.29, 1.82) is 0 Å².